The molecular formula is C13H15N2O3S-. The van der Waals surface area contributed by atoms with Crippen LogP contribution in [0.2, 0.25) is 0 Å². The fourth-order valence-electron chi connectivity index (χ4n) is 2.80. The number of aromatic carboxylic acids is 1. The van der Waals surface area contributed by atoms with E-state index in [1.807, 2.05) is 0 Å². The summed E-state index contributed by atoms with van der Waals surface area (Å²) in [6.07, 6.45) is 4.69. The Morgan fingerprint density at radius 3 is 2.58 bits per heavy atom. The zero-order valence-corrected chi connectivity index (χ0v) is 11.3. The average Bonchev–Trinajstić information content (AvgIpc) is 3.03. The molecule has 0 atom stereocenters. The molecular weight excluding hydrogens is 264 g/mol. The van der Waals surface area contributed by atoms with Crippen LogP contribution < -0.4 is 10.4 Å². The number of thiophene rings is 1. The van der Waals surface area contributed by atoms with Gasteiger partial charge >= 0.3 is 6.03 Å². The van der Waals surface area contributed by atoms with Gasteiger partial charge in [0.2, 0.25) is 0 Å². The lowest BCUT2D eigenvalue weighted by Crippen LogP contribution is -2.33. The maximum Gasteiger partial charge on any atom is 0.322 e. The molecule has 19 heavy (non-hydrogen) atoms. The van der Waals surface area contributed by atoms with Crippen LogP contribution in [0.5, 0.6) is 0 Å². The van der Waals surface area contributed by atoms with Crippen molar-refractivity contribution in [3.63, 3.8) is 0 Å². The number of carboxylic acids is 1. The number of carboxylic acid groups (broad SMARTS) is 1. The van der Waals surface area contributed by atoms with Gasteiger partial charge in [-0.25, -0.2) is 4.79 Å². The zero-order chi connectivity index (χ0) is 13.4. The number of anilines is 1. The second-order valence-corrected chi connectivity index (χ2v) is 6.08. The van der Waals surface area contributed by atoms with Gasteiger partial charge in [0.25, 0.3) is 0 Å². The minimum atomic E-state index is -1.18. The molecule has 0 bridgehead atoms. The van der Waals surface area contributed by atoms with E-state index in [0.29, 0.717) is 5.00 Å². The van der Waals surface area contributed by atoms with Gasteiger partial charge in [-0.15, -0.1) is 11.3 Å². The second kappa shape index (κ2) is 4.85. The number of hydrogen-bond acceptors (Lipinski definition) is 4. The Kier molecular flexibility index (Phi) is 3.18. The number of likely N-dealkylation sites (tertiary alicyclic amines) is 1. The van der Waals surface area contributed by atoms with E-state index in [1.54, 1.807) is 4.90 Å². The predicted octanol–water partition coefficient (Wildman–Crippen LogP) is 1.23. The number of nitrogens with one attached hydrogen (secondary N) is 1. The Labute approximate surface area is 115 Å². The van der Waals surface area contributed by atoms with Gasteiger partial charge in [-0.3, -0.25) is 5.32 Å². The van der Waals surface area contributed by atoms with Gasteiger partial charge < -0.3 is 14.8 Å². The summed E-state index contributed by atoms with van der Waals surface area (Å²) in [6, 6.07) is -0.195. The van der Waals surface area contributed by atoms with E-state index < -0.39 is 5.97 Å². The smallest absolute Gasteiger partial charge is 0.322 e. The topological polar surface area (TPSA) is 72.5 Å². The number of aryl methyl sites for hydroxylation is 1. The van der Waals surface area contributed by atoms with Gasteiger partial charge in [0.05, 0.1) is 5.97 Å². The highest BCUT2D eigenvalue weighted by Crippen LogP contribution is 2.38. The number of hydrogen-bond donors (Lipinski definition) is 1. The van der Waals surface area contributed by atoms with Crippen LogP contribution >= 0.6 is 11.3 Å². The van der Waals surface area contributed by atoms with Crippen LogP contribution in [0.15, 0.2) is 0 Å². The molecule has 2 heterocycles. The third-order valence-electron chi connectivity index (χ3n) is 3.74. The van der Waals surface area contributed by atoms with E-state index in [4.69, 9.17) is 0 Å². The molecule has 0 radical (unpaired) electrons. The first-order valence-corrected chi connectivity index (χ1v) is 7.40. The van der Waals surface area contributed by atoms with Crippen molar-refractivity contribution < 1.29 is 14.7 Å². The lowest BCUT2D eigenvalue weighted by Gasteiger charge is -2.16. The maximum absolute atomic E-state index is 12.0. The minimum absolute atomic E-state index is 0.195. The Morgan fingerprint density at radius 2 is 1.89 bits per heavy atom. The molecule has 2 amide bonds. The molecule has 2 aliphatic rings. The first-order valence-electron chi connectivity index (χ1n) is 6.58. The highest BCUT2D eigenvalue weighted by molar-refractivity contribution is 7.17. The molecule has 1 N–H and O–H groups in total. The number of urea groups is 1. The Bertz CT molecular complexity index is 532. The van der Waals surface area contributed by atoms with Crippen molar-refractivity contribution in [2.45, 2.75) is 32.1 Å². The van der Waals surface area contributed by atoms with Crippen molar-refractivity contribution >= 4 is 28.3 Å². The van der Waals surface area contributed by atoms with E-state index in [9.17, 15) is 14.7 Å². The molecule has 0 unspecified atom stereocenters. The number of amides is 2. The molecule has 1 aromatic heterocycles. The molecule has 6 heteroatoms. The molecule has 1 aromatic rings. The summed E-state index contributed by atoms with van der Waals surface area (Å²) in [4.78, 5) is 26.1. The first-order chi connectivity index (χ1) is 9.16. The van der Waals surface area contributed by atoms with Crippen LogP contribution in [-0.2, 0) is 12.8 Å². The fourth-order valence-corrected chi connectivity index (χ4v) is 4.07. The predicted molar refractivity (Wildman–Crippen MR) is 70.5 cm³/mol. The van der Waals surface area contributed by atoms with Crippen molar-refractivity contribution in [2.24, 2.45) is 0 Å². The fraction of sp³-hybridized carbons (Fsp3) is 0.538. The SMILES string of the molecule is O=C([O-])c1c(NC(=O)N2CCCC2)sc2c1CCC2. The van der Waals surface area contributed by atoms with Gasteiger partial charge in [-0.2, -0.15) is 0 Å². The van der Waals surface area contributed by atoms with E-state index in [2.05, 4.69) is 5.32 Å². The van der Waals surface area contributed by atoms with Crippen LogP contribution in [0.25, 0.3) is 0 Å². The Balaban J connectivity index is 1.84. The van der Waals surface area contributed by atoms with Crippen LogP contribution in [0.1, 0.15) is 40.1 Å². The van der Waals surface area contributed by atoms with E-state index in [0.717, 1.165) is 55.6 Å². The van der Waals surface area contributed by atoms with Crippen LogP contribution in [0, 0.1) is 0 Å². The summed E-state index contributed by atoms with van der Waals surface area (Å²) < 4.78 is 0. The maximum atomic E-state index is 12.0. The van der Waals surface area contributed by atoms with Crippen LogP contribution in [-0.4, -0.2) is 30.0 Å². The number of carbonyl (C=O) groups is 2. The highest BCUT2D eigenvalue weighted by Gasteiger charge is 2.25. The Hall–Kier alpha value is -1.56. The molecule has 1 aliphatic heterocycles. The molecule has 1 saturated heterocycles. The molecule has 5 nitrogen and oxygen atoms in total. The molecule has 0 aromatic carbocycles. The van der Waals surface area contributed by atoms with Crippen molar-refractivity contribution in [3.8, 4) is 0 Å². The lowest BCUT2D eigenvalue weighted by atomic mass is 10.1. The molecule has 102 valence electrons. The summed E-state index contributed by atoms with van der Waals surface area (Å²) in [7, 11) is 0. The van der Waals surface area contributed by atoms with Gasteiger partial charge in [0.1, 0.15) is 5.00 Å². The van der Waals surface area contributed by atoms with Crippen molar-refractivity contribution in [1.29, 1.82) is 0 Å². The standard InChI is InChI=1S/C13H16N2O3S/c16-12(17)10-8-4-3-5-9(8)19-11(10)14-13(18)15-6-1-2-7-15/h1-7H2,(H,14,18)(H,16,17)/p-1. The van der Waals surface area contributed by atoms with Crippen molar-refractivity contribution in [2.75, 3.05) is 18.4 Å². The minimum Gasteiger partial charge on any atom is -0.545 e. The first kappa shape index (κ1) is 12.5. The van der Waals surface area contributed by atoms with Gasteiger partial charge in [0.15, 0.2) is 0 Å². The molecule has 0 spiro atoms. The van der Waals surface area contributed by atoms with Crippen LogP contribution in [0.3, 0.4) is 0 Å². The third-order valence-corrected chi connectivity index (χ3v) is 4.95. The average molecular weight is 279 g/mol. The van der Waals surface area contributed by atoms with E-state index in [1.165, 1.54) is 11.3 Å². The lowest BCUT2D eigenvalue weighted by molar-refractivity contribution is -0.254. The number of carbonyl (C=O) groups excluding carboxylic acids is 2. The third kappa shape index (κ3) is 2.20. The second-order valence-electron chi connectivity index (χ2n) is 4.97. The van der Waals surface area contributed by atoms with E-state index >= 15 is 0 Å². The van der Waals surface area contributed by atoms with E-state index in [-0.39, 0.29) is 11.6 Å². The quantitative estimate of drug-likeness (QED) is 0.885. The molecule has 3 rings (SSSR count). The number of rotatable bonds is 2. The van der Waals surface area contributed by atoms with Gasteiger partial charge in [0, 0.05) is 23.5 Å². The molecule has 0 saturated carbocycles. The number of fused-ring (bicyclic) bond motifs is 1. The summed E-state index contributed by atoms with van der Waals surface area (Å²) >= 11 is 1.38. The monoisotopic (exact) mass is 279 g/mol. The summed E-state index contributed by atoms with van der Waals surface area (Å²) in [5.74, 6) is -1.18. The van der Waals surface area contributed by atoms with Gasteiger partial charge in [-0.05, 0) is 37.7 Å². The zero-order valence-electron chi connectivity index (χ0n) is 10.5. The van der Waals surface area contributed by atoms with Gasteiger partial charge in [-0.1, -0.05) is 0 Å². The molecule has 1 aliphatic carbocycles. The summed E-state index contributed by atoms with van der Waals surface area (Å²) in [6.45, 7) is 1.50. The summed E-state index contributed by atoms with van der Waals surface area (Å²) in [5, 5.41) is 14.5. The van der Waals surface area contributed by atoms with Crippen LogP contribution in [0.4, 0.5) is 9.80 Å². The van der Waals surface area contributed by atoms with Crippen molar-refractivity contribution in [1.82, 2.24) is 4.90 Å². The Morgan fingerprint density at radius 1 is 1.16 bits per heavy atom. The summed E-state index contributed by atoms with van der Waals surface area (Å²) in [5.41, 5.74) is 1.06. The van der Waals surface area contributed by atoms with Crippen molar-refractivity contribution in [3.05, 3.63) is 16.0 Å². The molecule has 1 fully saturated rings. The largest absolute Gasteiger partial charge is 0.545 e. The highest BCUT2D eigenvalue weighted by atomic mass is 32.1. The number of nitrogens with zero attached hydrogens (tertiary/aromatic N) is 1. The normalized spacial score (nSPS) is 17.6.